The van der Waals surface area contributed by atoms with Crippen LogP contribution in [-0.4, -0.2) is 5.11 Å². The van der Waals surface area contributed by atoms with Gasteiger partial charge in [0.05, 0.1) is 0 Å². The molecule has 0 aromatic heterocycles. The molecule has 0 spiro atoms. The Labute approximate surface area is 90.1 Å². The summed E-state index contributed by atoms with van der Waals surface area (Å²) in [6, 6.07) is 3.75. The first-order valence-electron chi connectivity index (χ1n) is 4.98. The highest BCUT2D eigenvalue weighted by molar-refractivity contribution is 5.46. The third-order valence-corrected chi connectivity index (χ3v) is 2.38. The van der Waals surface area contributed by atoms with Crippen LogP contribution in [0.15, 0.2) is 17.3 Å². The summed E-state index contributed by atoms with van der Waals surface area (Å²) >= 11 is 0. The smallest absolute Gasteiger partial charge is 0.124 e. The fourth-order valence-electron chi connectivity index (χ4n) is 1.62. The third kappa shape index (κ3) is 2.55. The van der Waals surface area contributed by atoms with Gasteiger partial charge in [-0.25, -0.2) is 0 Å². The fourth-order valence-corrected chi connectivity index (χ4v) is 1.62. The number of hydrogen-bond acceptors (Lipinski definition) is 3. The quantitative estimate of drug-likeness (QED) is 0.756. The molecule has 1 N–H and O–H groups in total. The molecule has 0 bridgehead atoms. The molecule has 1 aromatic carbocycles. The maximum absolute atomic E-state index is 10.2. The van der Waals surface area contributed by atoms with E-state index in [1.807, 2.05) is 33.8 Å². The van der Waals surface area contributed by atoms with E-state index in [9.17, 15) is 10.0 Å². The second-order valence-electron chi connectivity index (χ2n) is 4.86. The van der Waals surface area contributed by atoms with Crippen LogP contribution >= 0.6 is 0 Å². The first kappa shape index (κ1) is 11.7. The first-order chi connectivity index (χ1) is 6.86. The Morgan fingerprint density at radius 2 is 1.93 bits per heavy atom. The second kappa shape index (κ2) is 4.01. The predicted molar refractivity (Wildman–Crippen MR) is 61.0 cm³/mol. The minimum Gasteiger partial charge on any atom is -0.507 e. The number of rotatable bonds is 2. The van der Waals surface area contributed by atoms with Crippen LogP contribution in [0.1, 0.15) is 37.5 Å². The highest BCUT2D eigenvalue weighted by Crippen LogP contribution is 2.34. The number of nitrogens with zero attached hydrogens (tertiary/aromatic N) is 1. The molecule has 0 unspecified atom stereocenters. The van der Waals surface area contributed by atoms with Crippen LogP contribution in [0, 0.1) is 11.8 Å². The van der Waals surface area contributed by atoms with Crippen LogP contribution < -0.4 is 0 Å². The zero-order chi connectivity index (χ0) is 11.6. The van der Waals surface area contributed by atoms with E-state index in [0.717, 1.165) is 11.1 Å². The Hall–Kier alpha value is -1.38. The molecule has 0 aliphatic rings. The van der Waals surface area contributed by atoms with Gasteiger partial charge in [0.25, 0.3) is 0 Å². The summed E-state index contributed by atoms with van der Waals surface area (Å²) in [5.74, 6) is 0.202. The molecule has 0 radical (unpaired) electrons. The van der Waals surface area contributed by atoms with Crippen LogP contribution in [-0.2, 0) is 12.0 Å². The summed E-state index contributed by atoms with van der Waals surface area (Å²) in [5, 5.41) is 12.8. The van der Waals surface area contributed by atoms with Crippen LogP contribution in [0.4, 0.5) is 0 Å². The van der Waals surface area contributed by atoms with Crippen LogP contribution in [0.2, 0.25) is 0 Å². The van der Waals surface area contributed by atoms with Crippen LogP contribution in [0.5, 0.6) is 5.75 Å². The molecule has 0 aliphatic heterocycles. The summed E-state index contributed by atoms with van der Waals surface area (Å²) in [6.45, 7) is 8.05. The molecule has 0 aliphatic carbocycles. The lowest BCUT2D eigenvalue weighted by molar-refractivity contribution is 0.440. The lowest BCUT2D eigenvalue weighted by atomic mass is 9.84. The monoisotopic (exact) mass is 207 g/mol. The fraction of sp³-hybridized carbons (Fsp3) is 0.500. The lowest BCUT2D eigenvalue weighted by Crippen LogP contribution is -2.12. The van der Waals surface area contributed by atoms with Gasteiger partial charge in [0.2, 0.25) is 0 Å². The highest BCUT2D eigenvalue weighted by atomic mass is 16.3. The van der Waals surface area contributed by atoms with Crippen LogP contribution in [0.3, 0.4) is 0 Å². The highest BCUT2D eigenvalue weighted by Gasteiger charge is 2.20. The Balaban J connectivity index is 3.34. The van der Waals surface area contributed by atoms with Crippen molar-refractivity contribution >= 4 is 0 Å². The molecule has 0 atom stereocenters. The van der Waals surface area contributed by atoms with Crippen molar-refractivity contribution in [3.8, 4) is 5.75 Å². The van der Waals surface area contributed by atoms with Crippen molar-refractivity contribution in [2.45, 2.75) is 39.7 Å². The average molecular weight is 207 g/mol. The van der Waals surface area contributed by atoms with E-state index in [0.29, 0.717) is 5.56 Å². The van der Waals surface area contributed by atoms with Crippen molar-refractivity contribution in [2.24, 2.45) is 5.18 Å². The van der Waals surface area contributed by atoms with Crippen LogP contribution in [0.25, 0.3) is 0 Å². The zero-order valence-electron chi connectivity index (χ0n) is 9.66. The second-order valence-corrected chi connectivity index (χ2v) is 4.86. The van der Waals surface area contributed by atoms with E-state index in [-0.39, 0.29) is 17.7 Å². The molecule has 3 heteroatoms. The third-order valence-electron chi connectivity index (χ3n) is 2.38. The molecule has 0 amide bonds. The van der Waals surface area contributed by atoms with Gasteiger partial charge in [-0.05, 0) is 17.9 Å². The molecular weight excluding hydrogens is 190 g/mol. The minimum absolute atomic E-state index is 0.0244. The van der Waals surface area contributed by atoms with Crippen molar-refractivity contribution in [2.75, 3.05) is 0 Å². The molecule has 1 aromatic rings. The number of phenolic OH excluding ortho intramolecular Hbond substituents is 1. The molecule has 82 valence electrons. The molecule has 0 saturated carbocycles. The summed E-state index contributed by atoms with van der Waals surface area (Å²) in [6.07, 6.45) is 0. The average Bonchev–Trinajstić information content (AvgIpc) is 2.09. The molecule has 0 heterocycles. The maximum atomic E-state index is 10.2. The molecule has 3 nitrogen and oxygen atoms in total. The SMILES string of the molecule is Cc1cc(CN=O)c(O)c(C(C)(C)C)c1. The van der Waals surface area contributed by atoms with E-state index in [4.69, 9.17) is 0 Å². The Kier molecular flexibility index (Phi) is 3.12. The van der Waals surface area contributed by atoms with E-state index in [1.165, 1.54) is 0 Å². The van der Waals surface area contributed by atoms with E-state index in [2.05, 4.69) is 5.18 Å². The number of benzene rings is 1. The summed E-state index contributed by atoms with van der Waals surface area (Å²) < 4.78 is 0. The first-order valence-corrected chi connectivity index (χ1v) is 4.98. The molecule has 15 heavy (non-hydrogen) atoms. The predicted octanol–water partition coefficient (Wildman–Crippen LogP) is 3.26. The van der Waals surface area contributed by atoms with Gasteiger partial charge >= 0.3 is 0 Å². The number of phenols is 1. The lowest BCUT2D eigenvalue weighted by Gasteiger charge is -2.22. The zero-order valence-corrected chi connectivity index (χ0v) is 9.66. The van der Waals surface area contributed by atoms with Crippen molar-refractivity contribution in [3.05, 3.63) is 33.7 Å². The normalized spacial score (nSPS) is 11.5. The molecule has 1 rings (SSSR count). The number of hydrogen-bond donors (Lipinski definition) is 1. The van der Waals surface area contributed by atoms with Gasteiger partial charge in [-0.1, -0.05) is 43.6 Å². The standard InChI is InChI=1S/C12H17NO2/c1-8-5-9(7-13-15)11(14)10(6-8)12(2,3)4/h5-6,14H,7H2,1-4H3. The van der Waals surface area contributed by atoms with Crippen molar-refractivity contribution in [3.63, 3.8) is 0 Å². The van der Waals surface area contributed by atoms with Gasteiger partial charge in [-0.2, -0.15) is 4.91 Å². The Morgan fingerprint density at radius 3 is 2.40 bits per heavy atom. The number of nitroso groups, excluding NO2 is 1. The Bertz CT molecular complexity index is 378. The van der Waals surface area contributed by atoms with Gasteiger partial charge in [-0.15, -0.1) is 0 Å². The van der Waals surface area contributed by atoms with Gasteiger partial charge in [-0.3, -0.25) is 0 Å². The van der Waals surface area contributed by atoms with Gasteiger partial charge in [0.15, 0.2) is 0 Å². The molecule has 0 saturated heterocycles. The van der Waals surface area contributed by atoms with E-state index < -0.39 is 0 Å². The topological polar surface area (TPSA) is 49.7 Å². The summed E-state index contributed by atoms with van der Waals surface area (Å²) in [5.41, 5.74) is 2.38. The Morgan fingerprint density at radius 1 is 1.33 bits per heavy atom. The molecule has 0 fully saturated rings. The number of aryl methyl sites for hydroxylation is 1. The minimum atomic E-state index is -0.131. The number of aromatic hydroxyl groups is 1. The van der Waals surface area contributed by atoms with Gasteiger partial charge < -0.3 is 5.11 Å². The van der Waals surface area contributed by atoms with Crippen molar-refractivity contribution < 1.29 is 5.11 Å². The van der Waals surface area contributed by atoms with E-state index >= 15 is 0 Å². The molecular formula is C12H17NO2. The van der Waals surface area contributed by atoms with Gasteiger partial charge in [0.1, 0.15) is 12.3 Å². The van der Waals surface area contributed by atoms with E-state index in [1.54, 1.807) is 6.07 Å². The van der Waals surface area contributed by atoms with Gasteiger partial charge in [0, 0.05) is 5.56 Å². The largest absolute Gasteiger partial charge is 0.507 e. The van der Waals surface area contributed by atoms with Crippen molar-refractivity contribution in [1.29, 1.82) is 0 Å². The summed E-state index contributed by atoms with van der Waals surface area (Å²) in [4.78, 5) is 10.2. The summed E-state index contributed by atoms with van der Waals surface area (Å²) in [7, 11) is 0. The van der Waals surface area contributed by atoms with Crippen molar-refractivity contribution in [1.82, 2.24) is 0 Å². The maximum Gasteiger partial charge on any atom is 0.124 e.